The molecule has 0 saturated heterocycles. The highest BCUT2D eigenvalue weighted by molar-refractivity contribution is 7.97. The Labute approximate surface area is 219 Å². The lowest BCUT2D eigenvalue weighted by molar-refractivity contribution is -0.153. The molecule has 38 heavy (non-hydrogen) atoms. The van der Waals surface area contributed by atoms with E-state index >= 15 is 0 Å². The summed E-state index contributed by atoms with van der Waals surface area (Å²) in [5, 5.41) is 15.3. The van der Waals surface area contributed by atoms with E-state index in [1.807, 2.05) is 0 Å². The van der Waals surface area contributed by atoms with E-state index in [1.54, 1.807) is 12.1 Å². The number of amides is 2. The fourth-order valence-electron chi connectivity index (χ4n) is 3.99. The van der Waals surface area contributed by atoms with Gasteiger partial charge in [0.1, 0.15) is 11.4 Å². The summed E-state index contributed by atoms with van der Waals surface area (Å²) in [7, 11) is 0. The molecular formula is C23H28F5N5O4S. The van der Waals surface area contributed by atoms with Gasteiger partial charge in [-0.3, -0.25) is 19.4 Å². The zero-order chi connectivity index (χ0) is 27.7. The van der Waals surface area contributed by atoms with Gasteiger partial charge >= 0.3 is 12.8 Å². The molecule has 1 unspecified atom stereocenters. The molecule has 2 amide bonds. The summed E-state index contributed by atoms with van der Waals surface area (Å²) in [6, 6.07) is 5.94. The van der Waals surface area contributed by atoms with E-state index in [1.165, 1.54) is 16.8 Å². The fourth-order valence-corrected chi connectivity index (χ4v) is 4.21. The van der Waals surface area contributed by atoms with Crippen LogP contribution >= 0.6 is 11.9 Å². The number of carbonyl (C=O) groups is 2. The molecule has 210 valence electrons. The van der Waals surface area contributed by atoms with Gasteiger partial charge in [-0.25, -0.2) is 0 Å². The molecule has 1 aliphatic rings. The van der Waals surface area contributed by atoms with Crippen LogP contribution in [0, 0.1) is 0 Å². The van der Waals surface area contributed by atoms with E-state index < -0.39 is 31.2 Å². The molecule has 4 N–H and O–H groups in total. The fraction of sp³-hybridized carbons (Fsp3) is 0.522. The number of benzene rings is 1. The number of halogens is 5. The maximum Gasteiger partial charge on any atom is 0.422 e. The van der Waals surface area contributed by atoms with Gasteiger partial charge in [-0.05, 0) is 37.0 Å². The zero-order valence-corrected chi connectivity index (χ0v) is 21.0. The van der Waals surface area contributed by atoms with E-state index in [0.717, 1.165) is 17.5 Å². The highest BCUT2D eigenvalue weighted by atomic mass is 32.2. The third kappa shape index (κ3) is 8.84. The average Bonchev–Trinajstić information content (AvgIpc) is 3.23. The molecule has 2 aromatic rings. The number of aromatic nitrogens is 2. The average molecular weight is 566 g/mol. The van der Waals surface area contributed by atoms with Crippen molar-refractivity contribution in [3.63, 3.8) is 0 Å². The second kappa shape index (κ2) is 13.8. The molecule has 3 rings (SSSR count). The summed E-state index contributed by atoms with van der Waals surface area (Å²) in [5.41, 5.74) is 1.28. The second-order valence-corrected chi connectivity index (χ2v) is 9.21. The van der Waals surface area contributed by atoms with Crippen molar-refractivity contribution in [2.24, 2.45) is 5.14 Å². The van der Waals surface area contributed by atoms with E-state index in [2.05, 4.69) is 20.5 Å². The normalized spacial score (nSPS) is 15.3. The Bertz CT molecular complexity index is 1100. The van der Waals surface area contributed by atoms with E-state index in [4.69, 9.17) is 9.88 Å². The Morgan fingerprint density at radius 2 is 2.13 bits per heavy atom. The highest BCUT2D eigenvalue weighted by Crippen LogP contribution is 2.24. The van der Waals surface area contributed by atoms with Crippen LogP contribution in [0.4, 0.5) is 22.0 Å². The lowest BCUT2D eigenvalue weighted by Crippen LogP contribution is -2.42. The summed E-state index contributed by atoms with van der Waals surface area (Å²) in [5.74, 6) is -0.493. The van der Waals surface area contributed by atoms with Crippen molar-refractivity contribution in [2.75, 3.05) is 25.5 Å². The third-order valence-electron chi connectivity index (χ3n) is 5.59. The Hall–Kier alpha value is -2.91. The molecule has 1 atom stereocenters. The summed E-state index contributed by atoms with van der Waals surface area (Å²) in [6.45, 7) is -4.23. The zero-order valence-electron chi connectivity index (χ0n) is 20.2. The molecule has 0 aliphatic carbocycles. The SMILES string of the molecule is NSCCNC(=O)c1c2c(nn1CCCOC(F)F)CC(CCc1cccc(OCC(F)(F)F)c1)NC2=O. The van der Waals surface area contributed by atoms with Crippen LogP contribution in [0.25, 0.3) is 0 Å². The molecule has 0 spiro atoms. The first-order valence-electron chi connectivity index (χ1n) is 11.8. The quantitative estimate of drug-likeness (QED) is 0.183. The van der Waals surface area contributed by atoms with Crippen LogP contribution in [0.3, 0.4) is 0 Å². The number of ether oxygens (including phenoxy) is 2. The predicted molar refractivity (Wildman–Crippen MR) is 129 cm³/mol. The van der Waals surface area contributed by atoms with Gasteiger partial charge < -0.3 is 20.1 Å². The minimum Gasteiger partial charge on any atom is -0.484 e. The number of fused-ring (bicyclic) bond motifs is 1. The topological polar surface area (TPSA) is 120 Å². The third-order valence-corrected chi connectivity index (χ3v) is 6.03. The van der Waals surface area contributed by atoms with Gasteiger partial charge in [-0.15, -0.1) is 0 Å². The first-order valence-corrected chi connectivity index (χ1v) is 12.8. The van der Waals surface area contributed by atoms with Crippen molar-refractivity contribution in [2.45, 2.75) is 51.1 Å². The monoisotopic (exact) mass is 565 g/mol. The van der Waals surface area contributed by atoms with Gasteiger partial charge in [0, 0.05) is 31.3 Å². The summed E-state index contributed by atoms with van der Waals surface area (Å²) in [6.07, 6.45) is -3.09. The van der Waals surface area contributed by atoms with Gasteiger partial charge in [-0.2, -0.15) is 27.1 Å². The molecule has 1 aromatic heterocycles. The number of hydrogen-bond acceptors (Lipinski definition) is 7. The largest absolute Gasteiger partial charge is 0.484 e. The van der Waals surface area contributed by atoms with Crippen molar-refractivity contribution in [1.82, 2.24) is 20.4 Å². The number of carbonyl (C=O) groups excluding carboxylic acids is 2. The van der Waals surface area contributed by atoms with Crippen LogP contribution in [0.15, 0.2) is 24.3 Å². The van der Waals surface area contributed by atoms with Crippen LogP contribution in [0.1, 0.15) is 44.9 Å². The van der Waals surface area contributed by atoms with Gasteiger partial charge in [-0.1, -0.05) is 24.1 Å². The Kier molecular flexibility index (Phi) is 10.7. The van der Waals surface area contributed by atoms with E-state index in [9.17, 15) is 31.5 Å². The Balaban J connectivity index is 1.69. The molecule has 0 fully saturated rings. The maximum absolute atomic E-state index is 13.0. The number of nitrogens with zero attached hydrogens (tertiary/aromatic N) is 2. The molecule has 15 heteroatoms. The standard InChI is InChI=1S/C23H28F5N5O4S/c24-22(25)36-9-2-8-33-19(21(35)30-7-10-38-29)18-17(32-33)12-15(31-20(18)34)6-5-14-3-1-4-16(11-14)37-13-23(26,27)28/h1,3-4,11,15,22H,2,5-10,12-13,29H2,(H,30,35)(H,31,34). The molecule has 9 nitrogen and oxygen atoms in total. The maximum atomic E-state index is 13.0. The summed E-state index contributed by atoms with van der Waals surface area (Å²) >= 11 is 1.04. The van der Waals surface area contributed by atoms with Crippen LogP contribution in [-0.4, -0.2) is 65.9 Å². The molecule has 1 aliphatic heterocycles. The summed E-state index contributed by atoms with van der Waals surface area (Å²) in [4.78, 5) is 25.9. The number of nitrogens with one attached hydrogen (secondary N) is 2. The van der Waals surface area contributed by atoms with Crippen molar-refractivity contribution >= 4 is 23.8 Å². The number of aryl methyl sites for hydroxylation is 2. The first-order chi connectivity index (χ1) is 18.1. The molecule has 2 heterocycles. The minimum atomic E-state index is -4.45. The first kappa shape index (κ1) is 29.6. The molecule has 0 saturated carbocycles. The van der Waals surface area contributed by atoms with Gasteiger partial charge in [0.25, 0.3) is 11.8 Å². The van der Waals surface area contributed by atoms with Crippen LogP contribution in [0.2, 0.25) is 0 Å². The number of rotatable bonds is 14. The number of hydrogen-bond donors (Lipinski definition) is 3. The van der Waals surface area contributed by atoms with Crippen molar-refractivity contribution in [1.29, 1.82) is 0 Å². The molecular weight excluding hydrogens is 537 g/mol. The predicted octanol–water partition coefficient (Wildman–Crippen LogP) is 3.08. The smallest absolute Gasteiger partial charge is 0.422 e. The Morgan fingerprint density at radius 3 is 2.84 bits per heavy atom. The van der Waals surface area contributed by atoms with E-state index in [-0.39, 0.29) is 49.2 Å². The lowest BCUT2D eigenvalue weighted by Gasteiger charge is -2.23. The minimum absolute atomic E-state index is 0.0320. The highest BCUT2D eigenvalue weighted by Gasteiger charge is 2.34. The molecule has 0 radical (unpaired) electrons. The van der Waals surface area contributed by atoms with Gasteiger partial charge in [0.05, 0.1) is 17.9 Å². The molecule has 0 bridgehead atoms. The summed E-state index contributed by atoms with van der Waals surface area (Å²) < 4.78 is 72.3. The lowest BCUT2D eigenvalue weighted by atomic mass is 9.95. The van der Waals surface area contributed by atoms with Crippen LogP contribution in [0.5, 0.6) is 5.75 Å². The van der Waals surface area contributed by atoms with Crippen molar-refractivity contribution < 1.29 is 41.0 Å². The van der Waals surface area contributed by atoms with Crippen molar-refractivity contribution in [3.05, 3.63) is 46.8 Å². The number of alkyl halides is 5. The molecule has 1 aromatic carbocycles. The van der Waals surface area contributed by atoms with Crippen molar-refractivity contribution in [3.8, 4) is 5.75 Å². The van der Waals surface area contributed by atoms with Gasteiger partial charge in [0.15, 0.2) is 6.61 Å². The van der Waals surface area contributed by atoms with Crippen LogP contribution < -0.4 is 20.5 Å². The van der Waals surface area contributed by atoms with Gasteiger partial charge in [0.2, 0.25) is 0 Å². The Morgan fingerprint density at radius 1 is 1.34 bits per heavy atom. The number of nitrogens with two attached hydrogens (primary N) is 1. The van der Waals surface area contributed by atoms with Crippen LogP contribution in [-0.2, 0) is 24.1 Å². The van der Waals surface area contributed by atoms with E-state index in [0.29, 0.717) is 30.7 Å². The second-order valence-electron chi connectivity index (χ2n) is 8.47.